The fraction of sp³-hybridized carbons (Fsp3) is 0.773. The molecule has 0 fully saturated rings. The molecule has 0 heterocycles. The lowest BCUT2D eigenvalue weighted by molar-refractivity contribution is -0.167. The van der Waals surface area contributed by atoms with Crippen LogP contribution in [0.2, 0.25) is 0 Å². The highest BCUT2D eigenvalue weighted by Crippen LogP contribution is 2.17. The second-order valence-electron chi connectivity index (χ2n) is 23.4. The number of allylic oxidation sites excluding steroid dienone is 14. The summed E-state index contributed by atoms with van der Waals surface area (Å²) in [5, 5.41) is 0. The van der Waals surface area contributed by atoms with Gasteiger partial charge >= 0.3 is 17.9 Å². The molecule has 0 bridgehead atoms. The van der Waals surface area contributed by atoms with Gasteiger partial charge in [-0.15, -0.1) is 0 Å². The molecule has 0 spiro atoms. The van der Waals surface area contributed by atoms with Gasteiger partial charge < -0.3 is 14.2 Å². The molecule has 0 aliphatic heterocycles. The van der Waals surface area contributed by atoms with Gasteiger partial charge in [0.25, 0.3) is 0 Å². The highest BCUT2D eigenvalue weighted by atomic mass is 16.6. The zero-order valence-corrected chi connectivity index (χ0v) is 53.8. The monoisotopic (exact) mass is 1130 g/mol. The first-order valence-corrected chi connectivity index (χ1v) is 35.1. The van der Waals surface area contributed by atoms with Crippen molar-refractivity contribution in [3.8, 4) is 0 Å². The zero-order chi connectivity index (χ0) is 58.5. The Morgan fingerprint density at radius 1 is 0.259 bits per heavy atom. The van der Waals surface area contributed by atoms with E-state index in [0.717, 1.165) is 103 Å². The molecule has 0 aliphatic rings. The van der Waals surface area contributed by atoms with Crippen LogP contribution in [0.15, 0.2) is 85.1 Å². The summed E-state index contributed by atoms with van der Waals surface area (Å²) in [5.41, 5.74) is 0. The molecule has 0 aliphatic carbocycles. The lowest BCUT2D eigenvalue weighted by atomic mass is 10.0. The van der Waals surface area contributed by atoms with E-state index in [4.69, 9.17) is 14.2 Å². The third-order valence-corrected chi connectivity index (χ3v) is 15.4. The van der Waals surface area contributed by atoms with E-state index in [0.29, 0.717) is 19.3 Å². The minimum absolute atomic E-state index is 0.0782. The van der Waals surface area contributed by atoms with Crippen LogP contribution in [0.5, 0.6) is 0 Å². The number of carbonyl (C=O) groups excluding carboxylic acids is 3. The average molecular weight is 1130 g/mol. The van der Waals surface area contributed by atoms with E-state index in [9.17, 15) is 14.4 Å². The average Bonchev–Trinajstić information content (AvgIpc) is 3.47. The number of esters is 3. The standard InChI is InChI=1S/C75H132O6/c1-4-7-10-13-16-19-22-25-27-29-31-32-33-34-35-36-37-38-39-40-41-42-43-44-45-47-48-50-53-56-59-62-65-68-74(77)80-71-72(70-79-73(76)67-64-61-58-55-52-24-21-18-15-12-9-6-3)81-75(78)69-66-63-60-57-54-51-49-46-30-28-26-23-20-17-14-11-8-5-2/h7,10,16,18-21,23,25,27-28,30-32,72H,4-6,8-9,11-15,17,22,24,26,29,33-71H2,1-3H3/b10-7-,19-16-,21-18-,23-20-,27-25-,30-28-,32-31-. The molecule has 1 unspecified atom stereocenters. The van der Waals surface area contributed by atoms with Gasteiger partial charge in [-0.3, -0.25) is 14.4 Å². The molecule has 468 valence electrons. The van der Waals surface area contributed by atoms with Crippen molar-refractivity contribution in [2.75, 3.05) is 13.2 Å². The van der Waals surface area contributed by atoms with E-state index >= 15 is 0 Å². The van der Waals surface area contributed by atoms with E-state index in [1.54, 1.807) is 0 Å². The lowest BCUT2D eigenvalue weighted by Crippen LogP contribution is -2.30. The fourth-order valence-corrected chi connectivity index (χ4v) is 10.1. The van der Waals surface area contributed by atoms with Gasteiger partial charge in [0, 0.05) is 19.3 Å². The molecule has 6 heteroatoms. The van der Waals surface area contributed by atoms with Crippen LogP contribution in [0.4, 0.5) is 0 Å². The Morgan fingerprint density at radius 3 is 0.790 bits per heavy atom. The van der Waals surface area contributed by atoms with Crippen molar-refractivity contribution >= 4 is 17.9 Å². The summed E-state index contributed by atoms with van der Waals surface area (Å²) in [4.78, 5) is 38.3. The molecule has 0 saturated carbocycles. The van der Waals surface area contributed by atoms with Crippen LogP contribution in [-0.4, -0.2) is 37.2 Å². The zero-order valence-electron chi connectivity index (χ0n) is 53.8. The molecule has 0 aromatic rings. The maximum Gasteiger partial charge on any atom is 0.306 e. The number of rotatable bonds is 64. The van der Waals surface area contributed by atoms with Crippen molar-refractivity contribution in [2.45, 2.75) is 361 Å². The number of hydrogen-bond acceptors (Lipinski definition) is 6. The van der Waals surface area contributed by atoms with Crippen LogP contribution < -0.4 is 0 Å². The van der Waals surface area contributed by atoms with Gasteiger partial charge in [-0.1, -0.05) is 305 Å². The number of hydrogen-bond donors (Lipinski definition) is 0. The van der Waals surface area contributed by atoms with Gasteiger partial charge in [0.15, 0.2) is 6.10 Å². The van der Waals surface area contributed by atoms with E-state index in [1.807, 2.05) is 0 Å². The van der Waals surface area contributed by atoms with Crippen LogP contribution >= 0.6 is 0 Å². The molecule has 1 atom stereocenters. The quantitative estimate of drug-likeness (QED) is 0.0261. The summed E-state index contributed by atoms with van der Waals surface area (Å²) in [5.74, 6) is -0.878. The Hall–Kier alpha value is -3.41. The number of unbranched alkanes of at least 4 members (excludes halogenated alkanes) is 39. The van der Waals surface area contributed by atoms with Crippen molar-refractivity contribution in [3.05, 3.63) is 85.1 Å². The summed E-state index contributed by atoms with van der Waals surface area (Å²) >= 11 is 0. The van der Waals surface area contributed by atoms with Gasteiger partial charge in [0.2, 0.25) is 0 Å². The third kappa shape index (κ3) is 67.3. The second kappa shape index (κ2) is 69.1. The minimum Gasteiger partial charge on any atom is -0.462 e. The first-order chi connectivity index (χ1) is 40.0. The van der Waals surface area contributed by atoms with Gasteiger partial charge in [-0.05, 0) is 116 Å². The van der Waals surface area contributed by atoms with Gasteiger partial charge in [-0.25, -0.2) is 0 Å². The first kappa shape index (κ1) is 77.6. The summed E-state index contributed by atoms with van der Waals surface area (Å²) in [7, 11) is 0. The SMILES string of the molecule is CC/C=C\C/C=C\C/C=C\C/C=C\CCCCCCCCCCCCCCCCCCCCCCC(=O)OCC(COC(=O)CCCCCCC/C=C\CCCCC)OC(=O)CCCCCCCCC/C=C\C/C=C\CCCCCC. The summed E-state index contributed by atoms with van der Waals surface area (Å²) in [6.07, 6.45) is 91.9. The van der Waals surface area contributed by atoms with Gasteiger partial charge in [0.05, 0.1) is 0 Å². The topological polar surface area (TPSA) is 78.9 Å². The van der Waals surface area contributed by atoms with Crippen molar-refractivity contribution < 1.29 is 28.6 Å². The van der Waals surface area contributed by atoms with Crippen molar-refractivity contribution in [1.82, 2.24) is 0 Å². The highest BCUT2D eigenvalue weighted by molar-refractivity contribution is 5.71. The van der Waals surface area contributed by atoms with E-state index in [1.165, 1.54) is 212 Å². The Morgan fingerprint density at radius 2 is 0.481 bits per heavy atom. The Labute approximate surface area is 503 Å². The largest absolute Gasteiger partial charge is 0.462 e. The molecular weight excluding hydrogens is 997 g/mol. The summed E-state index contributed by atoms with van der Waals surface area (Å²) in [6.45, 7) is 6.51. The van der Waals surface area contributed by atoms with Gasteiger partial charge in [-0.2, -0.15) is 0 Å². The molecule has 0 N–H and O–H groups in total. The molecule has 6 nitrogen and oxygen atoms in total. The van der Waals surface area contributed by atoms with E-state index in [-0.39, 0.29) is 31.1 Å². The molecule has 0 aromatic carbocycles. The fourth-order valence-electron chi connectivity index (χ4n) is 10.1. The Bertz CT molecular complexity index is 1530. The van der Waals surface area contributed by atoms with Crippen LogP contribution in [0.1, 0.15) is 355 Å². The van der Waals surface area contributed by atoms with Gasteiger partial charge in [0.1, 0.15) is 13.2 Å². The lowest BCUT2D eigenvalue weighted by Gasteiger charge is -2.18. The van der Waals surface area contributed by atoms with E-state index in [2.05, 4.69) is 106 Å². The molecule has 0 aromatic heterocycles. The Balaban J connectivity index is 4.14. The minimum atomic E-state index is -0.783. The van der Waals surface area contributed by atoms with Crippen molar-refractivity contribution in [2.24, 2.45) is 0 Å². The molecule has 81 heavy (non-hydrogen) atoms. The normalized spacial score (nSPS) is 12.6. The van der Waals surface area contributed by atoms with Crippen molar-refractivity contribution in [3.63, 3.8) is 0 Å². The smallest absolute Gasteiger partial charge is 0.306 e. The highest BCUT2D eigenvalue weighted by Gasteiger charge is 2.19. The maximum absolute atomic E-state index is 12.9. The van der Waals surface area contributed by atoms with Crippen molar-refractivity contribution in [1.29, 1.82) is 0 Å². The molecule has 0 amide bonds. The predicted octanol–water partition coefficient (Wildman–Crippen LogP) is 24.2. The Kier molecular flexibility index (Phi) is 66.2. The van der Waals surface area contributed by atoms with Crippen LogP contribution in [0, 0.1) is 0 Å². The molecule has 0 saturated heterocycles. The second-order valence-corrected chi connectivity index (χ2v) is 23.4. The third-order valence-electron chi connectivity index (χ3n) is 15.4. The summed E-state index contributed by atoms with van der Waals surface area (Å²) in [6, 6.07) is 0. The number of ether oxygens (including phenoxy) is 3. The number of carbonyl (C=O) groups is 3. The first-order valence-electron chi connectivity index (χ1n) is 35.1. The van der Waals surface area contributed by atoms with Crippen LogP contribution in [-0.2, 0) is 28.6 Å². The predicted molar refractivity (Wildman–Crippen MR) is 353 cm³/mol. The molecular formula is C75H132O6. The van der Waals surface area contributed by atoms with Crippen LogP contribution in [0.25, 0.3) is 0 Å². The van der Waals surface area contributed by atoms with E-state index < -0.39 is 6.10 Å². The molecule has 0 radical (unpaired) electrons. The summed E-state index contributed by atoms with van der Waals surface area (Å²) < 4.78 is 16.9. The molecule has 0 rings (SSSR count). The van der Waals surface area contributed by atoms with Crippen LogP contribution in [0.3, 0.4) is 0 Å². The maximum atomic E-state index is 12.9.